The summed E-state index contributed by atoms with van der Waals surface area (Å²) in [5, 5.41) is 11.6. The summed E-state index contributed by atoms with van der Waals surface area (Å²) in [5.74, 6) is -0.354. The molecule has 0 aromatic carbocycles. The van der Waals surface area contributed by atoms with Gasteiger partial charge in [0.2, 0.25) is 0 Å². The van der Waals surface area contributed by atoms with Crippen LogP contribution in [0.15, 0.2) is 29.4 Å². The minimum atomic E-state index is -0.865. The SMILES string of the molecule is CN(C)c1cnc(/C=C/C=C/C2=NC(C(=O)O)CS2)s1. The second-order valence-corrected chi connectivity index (χ2v) is 6.36. The number of aliphatic carboxylic acids is 1. The van der Waals surface area contributed by atoms with Gasteiger partial charge < -0.3 is 10.0 Å². The van der Waals surface area contributed by atoms with E-state index in [2.05, 4.69) is 9.98 Å². The summed E-state index contributed by atoms with van der Waals surface area (Å²) < 4.78 is 0. The summed E-state index contributed by atoms with van der Waals surface area (Å²) in [6.07, 6.45) is 9.32. The van der Waals surface area contributed by atoms with Gasteiger partial charge in [-0.05, 0) is 12.2 Å². The fourth-order valence-electron chi connectivity index (χ4n) is 1.45. The van der Waals surface area contributed by atoms with E-state index in [4.69, 9.17) is 5.11 Å². The molecule has 1 N–H and O–H groups in total. The van der Waals surface area contributed by atoms with Gasteiger partial charge in [-0.3, -0.25) is 4.99 Å². The zero-order chi connectivity index (χ0) is 14.5. The van der Waals surface area contributed by atoms with Crippen LogP contribution in [0.5, 0.6) is 0 Å². The predicted octanol–water partition coefficient (Wildman–Crippen LogP) is 2.38. The number of aliphatic imine (C=N–C) groups is 1. The number of rotatable bonds is 5. The van der Waals surface area contributed by atoms with Crippen molar-refractivity contribution in [3.05, 3.63) is 29.4 Å². The molecule has 2 heterocycles. The first-order valence-corrected chi connectivity index (χ1v) is 7.78. The minimum absolute atomic E-state index is 0.511. The molecule has 0 radical (unpaired) electrons. The second-order valence-electron chi connectivity index (χ2n) is 4.28. The number of carbonyl (C=O) groups is 1. The summed E-state index contributed by atoms with van der Waals surface area (Å²) >= 11 is 3.07. The molecule has 1 atom stereocenters. The van der Waals surface area contributed by atoms with E-state index < -0.39 is 12.0 Å². The molecule has 0 amide bonds. The van der Waals surface area contributed by atoms with Gasteiger partial charge in [-0.2, -0.15) is 0 Å². The van der Waals surface area contributed by atoms with Crippen LogP contribution in [-0.4, -0.2) is 47.0 Å². The van der Waals surface area contributed by atoms with Crippen LogP contribution in [0.25, 0.3) is 6.08 Å². The average molecular weight is 309 g/mol. The Kier molecular flexibility index (Phi) is 4.97. The Bertz CT molecular complexity index is 576. The van der Waals surface area contributed by atoms with Crippen molar-refractivity contribution in [1.29, 1.82) is 0 Å². The Morgan fingerprint density at radius 2 is 2.20 bits per heavy atom. The second kappa shape index (κ2) is 6.71. The maximum atomic E-state index is 10.8. The molecule has 1 unspecified atom stereocenters. The van der Waals surface area contributed by atoms with Crippen LogP contribution >= 0.6 is 23.1 Å². The van der Waals surface area contributed by atoms with Gasteiger partial charge in [-0.25, -0.2) is 9.78 Å². The number of hydrogen-bond acceptors (Lipinski definition) is 6. The molecule has 1 aliphatic rings. The highest BCUT2D eigenvalue weighted by molar-refractivity contribution is 8.14. The number of hydrogen-bond donors (Lipinski definition) is 1. The molecule has 0 aliphatic carbocycles. The number of aromatic nitrogens is 1. The topological polar surface area (TPSA) is 65.8 Å². The Morgan fingerprint density at radius 3 is 2.80 bits per heavy atom. The van der Waals surface area contributed by atoms with Crippen LogP contribution in [0.2, 0.25) is 0 Å². The van der Waals surface area contributed by atoms with Crippen molar-refractivity contribution in [1.82, 2.24) is 4.98 Å². The van der Waals surface area contributed by atoms with E-state index in [-0.39, 0.29) is 0 Å². The van der Waals surface area contributed by atoms with Crippen LogP contribution in [0.3, 0.4) is 0 Å². The van der Waals surface area contributed by atoms with Crippen LogP contribution < -0.4 is 4.90 Å². The molecular formula is C13H15N3O2S2. The number of nitrogens with zero attached hydrogens (tertiary/aromatic N) is 3. The zero-order valence-electron chi connectivity index (χ0n) is 11.2. The van der Waals surface area contributed by atoms with Crippen molar-refractivity contribution in [3.8, 4) is 0 Å². The lowest BCUT2D eigenvalue weighted by atomic mass is 10.3. The Labute approximate surface area is 125 Å². The summed E-state index contributed by atoms with van der Waals surface area (Å²) in [5.41, 5.74) is 0. The number of thioether (sulfide) groups is 1. The smallest absolute Gasteiger partial charge is 0.329 e. The summed E-state index contributed by atoms with van der Waals surface area (Å²) in [7, 11) is 3.96. The van der Waals surface area contributed by atoms with Gasteiger partial charge in [0.25, 0.3) is 0 Å². The molecule has 0 fully saturated rings. The molecule has 7 heteroatoms. The molecule has 106 valence electrons. The molecule has 0 saturated carbocycles. The lowest BCUT2D eigenvalue weighted by Gasteiger charge is -2.05. The van der Waals surface area contributed by atoms with Gasteiger partial charge in [0.1, 0.15) is 10.0 Å². The molecule has 1 aromatic rings. The number of thiazole rings is 1. The molecule has 1 aliphatic heterocycles. The highest BCUT2D eigenvalue weighted by Crippen LogP contribution is 2.22. The first-order chi connectivity index (χ1) is 9.56. The first-order valence-electron chi connectivity index (χ1n) is 5.97. The van der Waals surface area contributed by atoms with Crippen molar-refractivity contribution in [2.24, 2.45) is 4.99 Å². The molecule has 5 nitrogen and oxygen atoms in total. The van der Waals surface area contributed by atoms with E-state index in [1.54, 1.807) is 11.3 Å². The normalized spacial score (nSPS) is 18.9. The molecule has 20 heavy (non-hydrogen) atoms. The lowest BCUT2D eigenvalue weighted by molar-refractivity contribution is -0.137. The van der Waals surface area contributed by atoms with Gasteiger partial charge in [-0.1, -0.05) is 23.5 Å². The fourth-order valence-corrected chi connectivity index (χ4v) is 3.12. The summed E-state index contributed by atoms with van der Waals surface area (Å²) in [6, 6.07) is -0.606. The van der Waals surface area contributed by atoms with Crippen LogP contribution in [0.1, 0.15) is 5.01 Å². The molecule has 2 rings (SSSR count). The molecule has 1 aromatic heterocycles. The van der Waals surface area contributed by atoms with Crippen LogP contribution in [-0.2, 0) is 4.79 Å². The Balaban J connectivity index is 1.91. The Hall–Kier alpha value is -1.60. The van der Waals surface area contributed by atoms with E-state index in [1.807, 2.05) is 49.5 Å². The van der Waals surface area contributed by atoms with Gasteiger partial charge in [0, 0.05) is 19.8 Å². The average Bonchev–Trinajstić information content (AvgIpc) is 3.04. The number of carboxylic acid groups (broad SMARTS) is 1. The maximum Gasteiger partial charge on any atom is 0.329 e. The largest absolute Gasteiger partial charge is 0.480 e. The van der Waals surface area contributed by atoms with E-state index in [0.29, 0.717) is 5.75 Å². The maximum absolute atomic E-state index is 10.8. The standard InChI is InChI=1S/C13H15N3O2S2/c1-16(2)12-7-14-10(20-12)5-3-4-6-11-15-9(8-19-11)13(17)18/h3-7,9H,8H2,1-2H3,(H,17,18)/b5-3+,6-4+. The summed E-state index contributed by atoms with van der Waals surface area (Å²) in [6.45, 7) is 0. The van der Waals surface area contributed by atoms with Crippen LogP contribution in [0.4, 0.5) is 5.00 Å². The Morgan fingerprint density at radius 1 is 1.45 bits per heavy atom. The summed E-state index contributed by atoms with van der Waals surface area (Å²) in [4.78, 5) is 21.1. The highest BCUT2D eigenvalue weighted by Gasteiger charge is 2.22. The van der Waals surface area contributed by atoms with E-state index in [1.165, 1.54) is 11.8 Å². The van der Waals surface area contributed by atoms with Gasteiger partial charge >= 0.3 is 5.97 Å². The third-order valence-corrected chi connectivity index (χ3v) is 4.65. The van der Waals surface area contributed by atoms with Crippen molar-refractivity contribution < 1.29 is 9.90 Å². The minimum Gasteiger partial charge on any atom is -0.480 e. The number of carboxylic acids is 1. The van der Waals surface area contributed by atoms with Crippen molar-refractivity contribution in [2.45, 2.75) is 6.04 Å². The van der Waals surface area contributed by atoms with Gasteiger partial charge in [0.15, 0.2) is 6.04 Å². The molecule has 0 saturated heterocycles. The van der Waals surface area contributed by atoms with Gasteiger partial charge in [-0.15, -0.1) is 11.8 Å². The monoisotopic (exact) mass is 309 g/mol. The molecule has 0 bridgehead atoms. The van der Waals surface area contributed by atoms with Gasteiger partial charge in [0.05, 0.1) is 11.2 Å². The lowest BCUT2D eigenvalue weighted by Crippen LogP contribution is -2.16. The third kappa shape index (κ3) is 3.94. The fraction of sp³-hybridized carbons (Fsp3) is 0.308. The van der Waals surface area contributed by atoms with E-state index in [9.17, 15) is 4.79 Å². The highest BCUT2D eigenvalue weighted by atomic mass is 32.2. The first kappa shape index (κ1) is 14.8. The zero-order valence-corrected chi connectivity index (χ0v) is 12.8. The third-order valence-electron chi connectivity index (χ3n) is 2.50. The van der Waals surface area contributed by atoms with Crippen molar-refractivity contribution in [2.75, 3.05) is 24.7 Å². The number of anilines is 1. The quantitative estimate of drug-likeness (QED) is 0.846. The molecular weight excluding hydrogens is 294 g/mol. The van der Waals surface area contributed by atoms with E-state index in [0.717, 1.165) is 15.1 Å². The molecule has 0 spiro atoms. The van der Waals surface area contributed by atoms with Crippen molar-refractivity contribution >= 4 is 45.2 Å². The van der Waals surface area contributed by atoms with E-state index >= 15 is 0 Å². The predicted molar refractivity (Wildman–Crippen MR) is 85.9 cm³/mol. The van der Waals surface area contributed by atoms with Crippen molar-refractivity contribution in [3.63, 3.8) is 0 Å². The number of allylic oxidation sites excluding steroid dienone is 2. The van der Waals surface area contributed by atoms with Crippen LogP contribution in [0, 0.1) is 0 Å².